The van der Waals surface area contributed by atoms with Crippen LogP contribution < -0.4 is 0 Å². The summed E-state index contributed by atoms with van der Waals surface area (Å²) in [5, 5.41) is 0. The predicted octanol–water partition coefficient (Wildman–Crippen LogP) is 3.32. The van der Waals surface area contributed by atoms with E-state index in [1.807, 2.05) is 12.1 Å². The maximum absolute atomic E-state index is 7.31. The first-order chi connectivity index (χ1) is 4.83. The number of benzene rings is 1. The quantitative estimate of drug-likeness (QED) is 0.734. The number of hydrogen-bond acceptors (Lipinski definition) is 0. The molecule has 1 aromatic rings. The molecule has 1 nitrogen and oxygen atoms in total. The smallest absolute Gasteiger partial charge is 0 e. The van der Waals surface area contributed by atoms with E-state index in [2.05, 4.69) is 13.0 Å². The van der Waals surface area contributed by atoms with Gasteiger partial charge < -0.3 is 5.73 Å². The second kappa shape index (κ2) is 5.73. The third kappa shape index (κ3) is 3.88. The van der Waals surface area contributed by atoms with Gasteiger partial charge in [0.1, 0.15) is 0 Å². The summed E-state index contributed by atoms with van der Waals surface area (Å²) in [5.41, 5.74) is 9.20. The van der Waals surface area contributed by atoms with Gasteiger partial charge in [-0.3, -0.25) is 0 Å². The number of aryl methyl sites for hydroxylation is 1. The Morgan fingerprint density at radius 3 is 2.64 bits per heavy atom. The van der Waals surface area contributed by atoms with Crippen LogP contribution in [-0.4, -0.2) is 0 Å². The van der Waals surface area contributed by atoms with Gasteiger partial charge in [0.2, 0.25) is 0 Å². The molecule has 0 aliphatic carbocycles. The Bertz CT molecular complexity index is 210. The fourth-order valence-corrected chi connectivity index (χ4v) is 1.02. The monoisotopic (exact) mass is 223 g/mol. The molecule has 0 unspecified atom stereocenters. The number of hydrogen-bond donors (Lipinski definition) is 0. The zero-order valence-electron chi connectivity index (χ0n) is 6.80. The zero-order chi connectivity index (χ0) is 7.40. The molecule has 1 N–H and O–H groups in total. The van der Waals surface area contributed by atoms with Crippen molar-refractivity contribution >= 4 is 5.69 Å². The number of nitrogens with one attached hydrogen (secondary N) is 1. The van der Waals surface area contributed by atoms with Gasteiger partial charge in [0.25, 0.3) is 0 Å². The van der Waals surface area contributed by atoms with Crippen molar-refractivity contribution in [2.45, 2.75) is 19.8 Å². The second-order valence-electron chi connectivity index (χ2n) is 2.45. The van der Waals surface area contributed by atoms with Crippen molar-refractivity contribution < 1.29 is 32.7 Å². The molecule has 0 saturated carbocycles. The summed E-state index contributed by atoms with van der Waals surface area (Å²) in [5.74, 6) is 0. The molecule has 0 aliphatic heterocycles. The molecule has 0 bridgehead atoms. The summed E-state index contributed by atoms with van der Waals surface area (Å²) in [6.45, 7) is 2.15. The van der Waals surface area contributed by atoms with Gasteiger partial charge in [-0.2, -0.15) is 0 Å². The maximum Gasteiger partial charge on any atom is 0 e. The van der Waals surface area contributed by atoms with Gasteiger partial charge in [0, 0.05) is 32.7 Å². The average molecular weight is 223 g/mol. The maximum atomic E-state index is 7.31. The first-order valence-electron chi connectivity index (χ1n) is 3.63. The summed E-state index contributed by atoms with van der Waals surface area (Å²) in [4.78, 5) is 0. The summed E-state index contributed by atoms with van der Waals surface area (Å²) in [7, 11) is 0. The fourth-order valence-electron chi connectivity index (χ4n) is 1.02. The molecular formula is C9H12NY-. The molecule has 11 heavy (non-hydrogen) atoms. The Hall–Kier alpha value is 0.124. The van der Waals surface area contributed by atoms with Crippen LogP contribution in [0.25, 0.3) is 5.73 Å². The van der Waals surface area contributed by atoms with E-state index >= 15 is 0 Å². The van der Waals surface area contributed by atoms with Crippen LogP contribution in [-0.2, 0) is 39.1 Å². The van der Waals surface area contributed by atoms with Gasteiger partial charge in [0.15, 0.2) is 0 Å². The first-order valence-corrected chi connectivity index (χ1v) is 3.63. The molecule has 0 heterocycles. The van der Waals surface area contributed by atoms with Crippen LogP contribution in [0, 0.1) is 0 Å². The summed E-state index contributed by atoms with van der Waals surface area (Å²) in [6.07, 6.45) is 2.25. The van der Waals surface area contributed by atoms with Gasteiger partial charge in [0.05, 0.1) is 0 Å². The summed E-state index contributed by atoms with van der Waals surface area (Å²) in [6, 6.07) is 7.73. The first kappa shape index (κ1) is 11.1. The van der Waals surface area contributed by atoms with Crippen molar-refractivity contribution in [3.8, 4) is 0 Å². The van der Waals surface area contributed by atoms with Crippen LogP contribution >= 0.6 is 0 Å². The molecule has 0 atom stereocenters. The Labute approximate surface area is 93.2 Å². The van der Waals surface area contributed by atoms with Gasteiger partial charge in [-0.05, 0) is 12.0 Å². The molecule has 1 aromatic carbocycles. The molecule has 0 fully saturated rings. The van der Waals surface area contributed by atoms with E-state index in [9.17, 15) is 0 Å². The minimum absolute atomic E-state index is 0. The largest absolute Gasteiger partial charge is 0.699 e. The van der Waals surface area contributed by atoms with Gasteiger partial charge >= 0.3 is 0 Å². The number of rotatable bonds is 2. The van der Waals surface area contributed by atoms with Crippen molar-refractivity contribution in [3.63, 3.8) is 0 Å². The third-order valence-corrected chi connectivity index (χ3v) is 1.47. The van der Waals surface area contributed by atoms with Crippen molar-refractivity contribution in [2.24, 2.45) is 0 Å². The minimum Gasteiger partial charge on any atom is -0.699 e. The molecule has 57 valence electrons. The van der Waals surface area contributed by atoms with Crippen LogP contribution in [0.3, 0.4) is 0 Å². The van der Waals surface area contributed by atoms with E-state index in [0.717, 1.165) is 12.8 Å². The van der Waals surface area contributed by atoms with Crippen molar-refractivity contribution in [1.82, 2.24) is 0 Å². The van der Waals surface area contributed by atoms with E-state index in [0.29, 0.717) is 5.69 Å². The topological polar surface area (TPSA) is 23.8 Å². The summed E-state index contributed by atoms with van der Waals surface area (Å²) >= 11 is 0. The van der Waals surface area contributed by atoms with Crippen LogP contribution in [0.4, 0.5) is 5.69 Å². The SMILES string of the molecule is CCCc1cccc([NH-])c1.[Y]. The Morgan fingerprint density at radius 2 is 2.09 bits per heavy atom. The predicted molar refractivity (Wildman–Crippen MR) is 44.4 cm³/mol. The molecule has 0 spiro atoms. The van der Waals surface area contributed by atoms with Crippen LogP contribution in [0.2, 0.25) is 0 Å². The van der Waals surface area contributed by atoms with E-state index in [4.69, 9.17) is 5.73 Å². The van der Waals surface area contributed by atoms with Gasteiger partial charge in [-0.15, -0.1) is 5.69 Å². The minimum atomic E-state index is 0. The average Bonchev–Trinajstić information content (AvgIpc) is 1.88. The van der Waals surface area contributed by atoms with Crippen LogP contribution in [0.15, 0.2) is 24.3 Å². The molecular weight excluding hydrogens is 211 g/mol. The van der Waals surface area contributed by atoms with E-state index in [1.165, 1.54) is 5.56 Å². The van der Waals surface area contributed by atoms with Crippen LogP contribution in [0.5, 0.6) is 0 Å². The van der Waals surface area contributed by atoms with Gasteiger partial charge in [-0.1, -0.05) is 37.6 Å². The van der Waals surface area contributed by atoms with E-state index in [1.54, 1.807) is 6.07 Å². The van der Waals surface area contributed by atoms with E-state index in [-0.39, 0.29) is 32.7 Å². The molecule has 0 aromatic heterocycles. The van der Waals surface area contributed by atoms with Crippen LogP contribution in [0.1, 0.15) is 18.9 Å². The molecule has 0 saturated heterocycles. The second-order valence-corrected chi connectivity index (χ2v) is 2.45. The Kier molecular flexibility index (Phi) is 5.80. The fraction of sp³-hybridized carbons (Fsp3) is 0.333. The van der Waals surface area contributed by atoms with Gasteiger partial charge in [-0.25, -0.2) is 0 Å². The normalized spacial score (nSPS) is 8.82. The van der Waals surface area contributed by atoms with Crippen molar-refractivity contribution in [2.75, 3.05) is 0 Å². The molecule has 1 radical (unpaired) electrons. The Morgan fingerprint density at radius 1 is 1.36 bits per heavy atom. The van der Waals surface area contributed by atoms with Crippen molar-refractivity contribution in [1.29, 1.82) is 0 Å². The van der Waals surface area contributed by atoms with Crippen molar-refractivity contribution in [3.05, 3.63) is 35.6 Å². The standard InChI is InChI=1S/C9H12N.Y/c1-2-4-8-5-3-6-9(10)7-8;/h3,5-7,10H,2,4H2,1H3;/q-1;. The summed E-state index contributed by atoms with van der Waals surface area (Å²) < 4.78 is 0. The van der Waals surface area contributed by atoms with E-state index < -0.39 is 0 Å². The Balaban J connectivity index is 0.000001000. The zero-order valence-corrected chi connectivity index (χ0v) is 9.64. The molecule has 2 heteroatoms. The molecule has 0 aliphatic rings. The molecule has 1 rings (SSSR count). The third-order valence-electron chi connectivity index (χ3n) is 1.47. The molecule has 0 amide bonds.